The molecule has 0 atom stereocenters. The van der Waals surface area contributed by atoms with E-state index in [0.717, 1.165) is 16.7 Å². The van der Waals surface area contributed by atoms with E-state index in [1.54, 1.807) is 12.1 Å². The third kappa shape index (κ3) is 4.59. The van der Waals surface area contributed by atoms with Crippen LogP contribution in [0, 0.1) is 13.8 Å². The van der Waals surface area contributed by atoms with Crippen molar-refractivity contribution in [2.45, 2.75) is 33.1 Å². The van der Waals surface area contributed by atoms with Gasteiger partial charge < -0.3 is 10.7 Å². The molecule has 0 saturated carbocycles. The molecule has 2 aromatic rings. The van der Waals surface area contributed by atoms with Gasteiger partial charge in [0.1, 0.15) is 5.02 Å². The Morgan fingerprint density at radius 2 is 2.00 bits per heavy atom. The maximum absolute atomic E-state index is 11.9. The number of H-pyrrole nitrogens is 1. The third-order valence-electron chi connectivity index (χ3n) is 3.80. The summed E-state index contributed by atoms with van der Waals surface area (Å²) >= 11 is 5.83. The molecule has 1 amide bonds. The largest absolute Gasteiger partial charge is 0.370 e. The molecule has 0 aliphatic carbocycles. The van der Waals surface area contributed by atoms with Crippen molar-refractivity contribution in [3.8, 4) is 0 Å². The van der Waals surface area contributed by atoms with E-state index in [2.05, 4.69) is 11.1 Å². The number of nitrogens with one attached hydrogen (secondary N) is 1. The topological polar surface area (TPSA) is 76.0 Å². The first-order valence-electron chi connectivity index (χ1n) is 7.84. The molecule has 0 aliphatic heterocycles. The van der Waals surface area contributed by atoms with Crippen molar-refractivity contribution in [1.29, 1.82) is 0 Å². The number of halogens is 1. The Kier molecular flexibility index (Phi) is 5.99. The normalized spacial score (nSPS) is 11.5. The fourth-order valence-electron chi connectivity index (χ4n) is 2.62. The molecule has 0 saturated heterocycles. The molecule has 0 fully saturated rings. The van der Waals surface area contributed by atoms with E-state index in [9.17, 15) is 9.59 Å². The summed E-state index contributed by atoms with van der Waals surface area (Å²) in [4.78, 5) is 25.6. The number of pyridine rings is 1. The molecule has 4 nitrogen and oxygen atoms in total. The first-order chi connectivity index (χ1) is 11.4. The monoisotopic (exact) mass is 344 g/mol. The summed E-state index contributed by atoms with van der Waals surface area (Å²) in [5.41, 5.74) is 9.83. The fraction of sp³-hybridized carbons (Fsp3) is 0.263. The lowest BCUT2D eigenvalue weighted by atomic mass is 9.95. The van der Waals surface area contributed by atoms with Crippen LogP contribution in [0.4, 0.5) is 0 Å². The molecule has 24 heavy (non-hydrogen) atoms. The SMILES string of the molecule is Cc1ccc(/C(=C\CCCC(N)=O)c2ccc(Cl)c(=O)[nH]2)c(C)c1. The van der Waals surface area contributed by atoms with Crippen molar-refractivity contribution in [3.63, 3.8) is 0 Å². The van der Waals surface area contributed by atoms with Crippen LogP contribution in [0.2, 0.25) is 5.02 Å². The van der Waals surface area contributed by atoms with E-state index >= 15 is 0 Å². The minimum absolute atomic E-state index is 0.160. The molecule has 1 aromatic carbocycles. The van der Waals surface area contributed by atoms with Crippen LogP contribution >= 0.6 is 11.6 Å². The average Bonchev–Trinajstić information content (AvgIpc) is 2.51. The molecular weight excluding hydrogens is 324 g/mol. The predicted molar refractivity (Wildman–Crippen MR) is 98.1 cm³/mol. The number of primary amides is 1. The average molecular weight is 345 g/mol. The molecule has 2 rings (SSSR count). The number of aryl methyl sites for hydroxylation is 2. The second-order valence-electron chi connectivity index (χ2n) is 5.84. The molecule has 126 valence electrons. The highest BCUT2D eigenvalue weighted by atomic mass is 35.5. The van der Waals surface area contributed by atoms with Gasteiger partial charge in [0.05, 0.1) is 0 Å². The van der Waals surface area contributed by atoms with Crippen molar-refractivity contribution in [3.05, 3.63) is 74.2 Å². The summed E-state index contributed by atoms with van der Waals surface area (Å²) in [6, 6.07) is 9.56. The third-order valence-corrected chi connectivity index (χ3v) is 4.10. The zero-order valence-electron chi connectivity index (χ0n) is 13.9. The number of carbonyl (C=O) groups excluding carboxylic acids is 1. The van der Waals surface area contributed by atoms with E-state index in [4.69, 9.17) is 17.3 Å². The first-order valence-corrected chi connectivity index (χ1v) is 8.21. The minimum Gasteiger partial charge on any atom is -0.370 e. The summed E-state index contributed by atoms with van der Waals surface area (Å²) in [5.74, 6) is -0.309. The molecular formula is C19H21ClN2O2. The van der Waals surface area contributed by atoms with Gasteiger partial charge in [-0.1, -0.05) is 41.4 Å². The van der Waals surface area contributed by atoms with Crippen LogP contribution < -0.4 is 11.3 Å². The number of hydrogen-bond donors (Lipinski definition) is 2. The standard InChI is InChI=1S/C19H21ClN2O2/c1-12-7-8-14(13(2)11-12)15(5-3-4-6-18(21)23)17-10-9-16(20)19(24)22-17/h5,7-11H,3-4,6H2,1-2H3,(H2,21,23)(H,22,24)/b15-5+. The van der Waals surface area contributed by atoms with E-state index in [1.165, 1.54) is 5.56 Å². The highest BCUT2D eigenvalue weighted by Gasteiger charge is 2.10. The predicted octanol–water partition coefficient (Wildman–Crippen LogP) is 3.73. The molecule has 1 aromatic heterocycles. The molecule has 0 unspecified atom stereocenters. The smallest absolute Gasteiger partial charge is 0.267 e. The minimum atomic E-state index is -0.318. The van der Waals surface area contributed by atoms with Crippen LogP contribution in [0.1, 0.15) is 41.6 Å². The van der Waals surface area contributed by atoms with Gasteiger partial charge in [0.25, 0.3) is 5.56 Å². The van der Waals surface area contributed by atoms with Gasteiger partial charge in [0.2, 0.25) is 5.91 Å². The second kappa shape index (κ2) is 7.97. The molecule has 5 heteroatoms. The highest BCUT2D eigenvalue weighted by molar-refractivity contribution is 6.30. The Labute approximate surface area is 146 Å². The van der Waals surface area contributed by atoms with Gasteiger partial charge in [0.15, 0.2) is 0 Å². The van der Waals surface area contributed by atoms with Crippen molar-refractivity contribution in [2.24, 2.45) is 5.73 Å². The van der Waals surface area contributed by atoms with Crippen LogP contribution in [-0.4, -0.2) is 10.9 Å². The number of rotatable bonds is 6. The van der Waals surface area contributed by atoms with Gasteiger partial charge in [-0.2, -0.15) is 0 Å². The van der Waals surface area contributed by atoms with Crippen LogP contribution in [-0.2, 0) is 4.79 Å². The Balaban J connectivity index is 2.44. The first kappa shape index (κ1) is 18.0. The summed E-state index contributed by atoms with van der Waals surface area (Å²) in [6.45, 7) is 4.07. The Bertz CT molecular complexity index is 838. The Morgan fingerprint density at radius 1 is 1.25 bits per heavy atom. The van der Waals surface area contributed by atoms with E-state index < -0.39 is 0 Å². The lowest BCUT2D eigenvalue weighted by Gasteiger charge is -2.12. The van der Waals surface area contributed by atoms with Gasteiger partial charge in [-0.05, 0) is 49.9 Å². The Morgan fingerprint density at radius 3 is 2.62 bits per heavy atom. The number of allylic oxidation sites excluding steroid dienone is 1. The van der Waals surface area contributed by atoms with Gasteiger partial charge in [-0.3, -0.25) is 9.59 Å². The van der Waals surface area contributed by atoms with Crippen molar-refractivity contribution >= 4 is 23.1 Å². The van der Waals surface area contributed by atoms with Crippen LogP contribution in [0.5, 0.6) is 0 Å². The zero-order chi connectivity index (χ0) is 17.7. The molecule has 0 aliphatic rings. The number of hydrogen-bond acceptors (Lipinski definition) is 2. The van der Waals surface area contributed by atoms with Crippen molar-refractivity contribution < 1.29 is 4.79 Å². The number of amides is 1. The summed E-state index contributed by atoms with van der Waals surface area (Å²) in [5, 5.41) is 0.160. The second-order valence-corrected chi connectivity index (χ2v) is 6.25. The zero-order valence-corrected chi connectivity index (χ0v) is 14.6. The molecule has 1 heterocycles. The number of aromatic nitrogens is 1. The lowest BCUT2D eigenvalue weighted by molar-refractivity contribution is -0.118. The fourth-order valence-corrected chi connectivity index (χ4v) is 2.73. The number of aromatic amines is 1. The van der Waals surface area contributed by atoms with Crippen molar-refractivity contribution in [2.75, 3.05) is 0 Å². The quantitative estimate of drug-likeness (QED) is 0.783. The molecule has 0 radical (unpaired) electrons. The number of benzene rings is 1. The number of unbranched alkanes of at least 4 members (excludes halogenated alkanes) is 1. The van der Waals surface area contributed by atoms with Gasteiger partial charge in [0, 0.05) is 17.7 Å². The Hall–Kier alpha value is -2.33. The van der Waals surface area contributed by atoms with Gasteiger partial charge in [-0.15, -0.1) is 0 Å². The van der Waals surface area contributed by atoms with Gasteiger partial charge >= 0.3 is 0 Å². The number of nitrogens with two attached hydrogens (primary N) is 1. The molecule has 0 spiro atoms. The van der Waals surface area contributed by atoms with Crippen LogP contribution in [0.3, 0.4) is 0 Å². The van der Waals surface area contributed by atoms with Gasteiger partial charge in [-0.25, -0.2) is 0 Å². The summed E-state index contributed by atoms with van der Waals surface area (Å²) in [6.07, 6.45) is 3.73. The lowest BCUT2D eigenvalue weighted by Crippen LogP contribution is -2.10. The summed E-state index contributed by atoms with van der Waals surface area (Å²) < 4.78 is 0. The van der Waals surface area contributed by atoms with E-state index in [-0.39, 0.29) is 16.5 Å². The van der Waals surface area contributed by atoms with Crippen LogP contribution in [0.25, 0.3) is 5.57 Å². The maximum atomic E-state index is 11.9. The van der Waals surface area contributed by atoms with E-state index in [1.807, 2.05) is 32.1 Å². The maximum Gasteiger partial charge on any atom is 0.267 e. The van der Waals surface area contributed by atoms with E-state index in [0.29, 0.717) is 25.0 Å². The molecule has 0 bridgehead atoms. The molecule has 3 N–H and O–H groups in total. The summed E-state index contributed by atoms with van der Waals surface area (Å²) in [7, 11) is 0. The highest BCUT2D eigenvalue weighted by Crippen LogP contribution is 2.26. The van der Waals surface area contributed by atoms with Crippen molar-refractivity contribution in [1.82, 2.24) is 4.98 Å². The van der Waals surface area contributed by atoms with Crippen LogP contribution in [0.15, 0.2) is 41.2 Å². The number of carbonyl (C=O) groups is 1.